The molecule has 0 saturated carbocycles. The molecule has 1 saturated heterocycles. The molecule has 0 aromatic carbocycles. The molecule has 0 aromatic rings. The maximum Gasteiger partial charge on any atom is 0.225 e. The topological polar surface area (TPSA) is 49.8 Å². The van der Waals surface area contributed by atoms with Gasteiger partial charge in [-0.2, -0.15) is 0 Å². The second-order valence-electron chi connectivity index (χ2n) is 5.88. The third-order valence-corrected chi connectivity index (χ3v) is 3.89. The van der Waals surface area contributed by atoms with Gasteiger partial charge in [0, 0.05) is 6.42 Å². The van der Waals surface area contributed by atoms with E-state index in [4.69, 9.17) is 4.74 Å². The van der Waals surface area contributed by atoms with E-state index < -0.39 is 11.8 Å². The molecule has 1 heterocycles. The summed E-state index contributed by atoms with van der Waals surface area (Å²) >= 11 is 0. The number of carbonyl (C=O) groups is 1. The summed E-state index contributed by atoms with van der Waals surface area (Å²) in [6.07, 6.45) is 5.06. The van der Waals surface area contributed by atoms with Gasteiger partial charge in [-0.25, -0.2) is 0 Å². The Labute approximate surface area is 117 Å². The number of nitrogens with zero attached hydrogens (tertiary/aromatic N) is 1. The molecular formula is C15H29NO3. The fraction of sp³-hybridized carbons (Fsp3) is 0.933. The van der Waals surface area contributed by atoms with Crippen molar-refractivity contribution in [3.8, 4) is 0 Å². The quantitative estimate of drug-likeness (QED) is 0.724. The van der Waals surface area contributed by atoms with Crippen LogP contribution in [0.4, 0.5) is 0 Å². The van der Waals surface area contributed by atoms with Crippen LogP contribution in [0, 0.1) is 0 Å². The molecule has 1 unspecified atom stereocenters. The van der Waals surface area contributed by atoms with Crippen LogP contribution in [0.1, 0.15) is 66.2 Å². The van der Waals surface area contributed by atoms with Gasteiger partial charge in [0.25, 0.3) is 0 Å². The van der Waals surface area contributed by atoms with Gasteiger partial charge in [0.1, 0.15) is 5.72 Å². The molecule has 0 spiro atoms. The first-order valence-electron chi connectivity index (χ1n) is 7.58. The van der Waals surface area contributed by atoms with Gasteiger partial charge in [-0.15, -0.1) is 0 Å². The second-order valence-corrected chi connectivity index (χ2v) is 5.88. The number of carbonyl (C=O) groups excluding carboxylic acids is 1. The number of rotatable bonds is 7. The lowest BCUT2D eigenvalue weighted by Crippen LogP contribution is -2.51. The van der Waals surface area contributed by atoms with Crippen molar-refractivity contribution < 1.29 is 14.6 Å². The normalized spacial score (nSPS) is 23.6. The van der Waals surface area contributed by atoms with E-state index in [1.165, 1.54) is 12.8 Å². The highest BCUT2D eigenvalue weighted by Crippen LogP contribution is 2.30. The lowest BCUT2D eigenvalue weighted by molar-refractivity contribution is -0.148. The molecule has 2 atom stereocenters. The van der Waals surface area contributed by atoms with Crippen LogP contribution in [0.3, 0.4) is 0 Å². The molecule has 4 nitrogen and oxygen atoms in total. The van der Waals surface area contributed by atoms with Crippen molar-refractivity contribution in [2.75, 3.05) is 6.61 Å². The molecule has 19 heavy (non-hydrogen) atoms. The van der Waals surface area contributed by atoms with E-state index in [0.717, 1.165) is 12.8 Å². The maximum absolute atomic E-state index is 12.4. The van der Waals surface area contributed by atoms with E-state index in [9.17, 15) is 9.90 Å². The van der Waals surface area contributed by atoms with E-state index in [0.29, 0.717) is 19.4 Å². The van der Waals surface area contributed by atoms with Gasteiger partial charge in [-0.05, 0) is 26.7 Å². The van der Waals surface area contributed by atoms with Crippen LogP contribution in [0.25, 0.3) is 0 Å². The summed E-state index contributed by atoms with van der Waals surface area (Å²) in [6, 6.07) is -0.196. The Bertz CT molecular complexity index is 291. The van der Waals surface area contributed by atoms with Gasteiger partial charge in [-0.3, -0.25) is 4.79 Å². The van der Waals surface area contributed by atoms with Crippen LogP contribution in [-0.2, 0) is 9.53 Å². The standard InChI is InChI=1S/C15H29NO3/c1-5-7-8-9-10-14(18)16-12(13(17)6-2)11-19-15(16,3)4/h12-13,17H,5-11H2,1-4H3/t12-,13?/m0/s1. The Kier molecular flexibility index (Phi) is 6.27. The van der Waals surface area contributed by atoms with E-state index in [1.807, 2.05) is 20.8 Å². The zero-order chi connectivity index (χ0) is 14.5. The van der Waals surface area contributed by atoms with Crippen molar-refractivity contribution in [2.24, 2.45) is 0 Å². The summed E-state index contributed by atoms with van der Waals surface area (Å²) in [7, 11) is 0. The zero-order valence-electron chi connectivity index (χ0n) is 12.8. The Morgan fingerprint density at radius 1 is 1.37 bits per heavy atom. The molecule has 4 heteroatoms. The fourth-order valence-corrected chi connectivity index (χ4v) is 2.70. The Morgan fingerprint density at radius 2 is 2.05 bits per heavy atom. The van der Waals surface area contributed by atoms with Crippen LogP contribution in [0.5, 0.6) is 0 Å². The summed E-state index contributed by atoms with van der Waals surface area (Å²) in [6.45, 7) is 8.33. The number of ether oxygens (including phenoxy) is 1. The van der Waals surface area contributed by atoms with Crippen molar-refractivity contribution in [3.63, 3.8) is 0 Å². The Morgan fingerprint density at radius 3 is 2.63 bits per heavy atom. The monoisotopic (exact) mass is 271 g/mol. The summed E-state index contributed by atoms with van der Waals surface area (Å²) in [4.78, 5) is 14.1. The summed E-state index contributed by atoms with van der Waals surface area (Å²) < 4.78 is 5.68. The summed E-state index contributed by atoms with van der Waals surface area (Å²) in [5.74, 6) is 0.108. The van der Waals surface area contributed by atoms with Crippen LogP contribution in [0.2, 0.25) is 0 Å². The first-order chi connectivity index (χ1) is 8.94. The highest BCUT2D eigenvalue weighted by atomic mass is 16.5. The van der Waals surface area contributed by atoms with Crippen LogP contribution >= 0.6 is 0 Å². The van der Waals surface area contributed by atoms with Crippen molar-refractivity contribution in [3.05, 3.63) is 0 Å². The van der Waals surface area contributed by atoms with Gasteiger partial charge < -0.3 is 14.7 Å². The number of hydrogen-bond acceptors (Lipinski definition) is 3. The number of hydrogen-bond donors (Lipinski definition) is 1. The molecule has 0 aliphatic carbocycles. The largest absolute Gasteiger partial charge is 0.391 e. The minimum Gasteiger partial charge on any atom is -0.391 e. The van der Waals surface area contributed by atoms with E-state index in [-0.39, 0.29) is 11.9 Å². The lowest BCUT2D eigenvalue weighted by atomic mass is 10.1. The average molecular weight is 271 g/mol. The minimum atomic E-state index is -0.595. The predicted octanol–water partition coefficient (Wildman–Crippen LogP) is 2.69. The third kappa shape index (κ3) is 4.18. The van der Waals surface area contributed by atoms with Gasteiger partial charge in [0.15, 0.2) is 0 Å². The smallest absolute Gasteiger partial charge is 0.225 e. The molecule has 1 amide bonds. The molecule has 0 bridgehead atoms. The number of amides is 1. The number of unbranched alkanes of at least 4 members (excludes halogenated alkanes) is 3. The van der Waals surface area contributed by atoms with E-state index >= 15 is 0 Å². The third-order valence-electron chi connectivity index (χ3n) is 3.89. The van der Waals surface area contributed by atoms with Crippen molar-refractivity contribution >= 4 is 5.91 Å². The summed E-state index contributed by atoms with van der Waals surface area (Å²) in [5, 5.41) is 10.0. The highest BCUT2D eigenvalue weighted by Gasteiger charge is 2.45. The van der Waals surface area contributed by atoms with Crippen molar-refractivity contribution in [1.29, 1.82) is 0 Å². The molecular weight excluding hydrogens is 242 g/mol. The van der Waals surface area contributed by atoms with Crippen LogP contribution in [-0.4, -0.2) is 40.4 Å². The Hall–Kier alpha value is -0.610. The van der Waals surface area contributed by atoms with Crippen LogP contribution < -0.4 is 0 Å². The van der Waals surface area contributed by atoms with E-state index in [1.54, 1.807) is 4.90 Å². The fourth-order valence-electron chi connectivity index (χ4n) is 2.70. The first kappa shape index (κ1) is 16.4. The number of aliphatic hydroxyl groups excluding tert-OH is 1. The lowest BCUT2D eigenvalue weighted by Gasteiger charge is -2.35. The highest BCUT2D eigenvalue weighted by molar-refractivity contribution is 5.77. The van der Waals surface area contributed by atoms with E-state index in [2.05, 4.69) is 6.92 Å². The molecule has 1 aliphatic heterocycles. The molecule has 1 aliphatic rings. The van der Waals surface area contributed by atoms with Gasteiger partial charge in [-0.1, -0.05) is 33.1 Å². The van der Waals surface area contributed by atoms with Gasteiger partial charge >= 0.3 is 0 Å². The predicted molar refractivity (Wildman–Crippen MR) is 75.7 cm³/mol. The molecule has 1 N–H and O–H groups in total. The van der Waals surface area contributed by atoms with Crippen molar-refractivity contribution in [1.82, 2.24) is 4.90 Å². The van der Waals surface area contributed by atoms with Crippen molar-refractivity contribution in [2.45, 2.75) is 84.1 Å². The Balaban J connectivity index is 2.61. The van der Waals surface area contributed by atoms with Crippen LogP contribution in [0.15, 0.2) is 0 Å². The van der Waals surface area contributed by atoms with Gasteiger partial charge in [0.2, 0.25) is 5.91 Å². The zero-order valence-corrected chi connectivity index (χ0v) is 12.8. The second kappa shape index (κ2) is 7.25. The number of aliphatic hydroxyl groups is 1. The molecule has 1 fully saturated rings. The molecule has 0 aromatic heterocycles. The van der Waals surface area contributed by atoms with Gasteiger partial charge in [0.05, 0.1) is 18.8 Å². The first-order valence-corrected chi connectivity index (χ1v) is 7.58. The minimum absolute atomic E-state index is 0.108. The molecule has 0 radical (unpaired) electrons. The summed E-state index contributed by atoms with van der Waals surface area (Å²) in [5.41, 5.74) is -0.595. The molecule has 112 valence electrons. The molecule has 1 rings (SSSR count). The maximum atomic E-state index is 12.4. The SMILES string of the molecule is CCCCCCC(=O)N1[C@H](C(O)CC)COC1(C)C. The average Bonchev–Trinajstić information content (AvgIpc) is 2.69.